The van der Waals surface area contributed by atoms with Crippen LogP contribution < -0.4 is 10.1 Å². The molecule has 33 heavy (non-hydrogen) atoms. The van der Waals surface area contributed by atoms with Crippen LogP contribution in [0.25, 0.3) is 11.0 Å². The molecule has 0 aliphatic carbocycles. The number of amides is 1. The Morgan fingerprint density at radius 3 is 2.61 bits per heavy atom. The lowest BCUT2D eigenvalue weighted by atomic mass is 9.96. The maximum absolute atomic E-state index is 12.0. The molecule has 0 bridgehead atoms. The van der Waals surface area contributed by atoms with Crippen molar-refractivity contribution in [1.82, 2.24) is 14.9 Å². The maximum atomic E-state index is 12.0. The zero-order valence-corrected chi connectivity index (χ0v) is 20.7. The van der Waals surface area contributed by atoms with E-state index in [2.05, 4.69) is 53.2 Å². The van der Waals surface area contributed by atoms with Gasteiger partial charge < -0.3 is 14.6 Å². The van der Waals surface area contributed by atoms with Crippen LogP contribution in [0.4, 0.5) is 0 Å². The van der Waals surface area contributed by atoms with Crippen molar-refractivity contribution in [2.45, 2.75) is 72.8 Å². The van der Waals surface area contributed by atoms with Gasteiger partial charge in [0.25, 0.3) is 0 Å². The van der Waals surface area contributed by atoms with E-state index >= 15 is 0 Å². The minimum atomic E-state index is -0.323. The van der Waals surface area contributed by atoms with Crippen molar-refractivity contribution in [3.8, 4) is 5.75 Å². The zero-order chi connectivity index (χ0) is 23.7. The van der Waals surface area contributed by atoms with Gasteiger partial charge in [0.1, 0.15) is 11.6 Å². The molecule has 3 aromatic rings. The third-order valence-corrected chi connectivity index (χ3v) is 5.81. The van der Waals surface area contributed by atoms with Crippen LogP contribution in [0.15, 0.2) is 48.5 Å². The van der Waals surface area contributed by atoms with Crippen LogP contribution in [-0.4, -0.2) is 28.6 Å². The van der Waals surface area contributed by atoms with Crippen LogP contribution in [0, 0.1) is 12.3 Å². The van der Waals surface area contributed by atoms with E-state index in [0.717, 1.165) is 75.3 Å². The van der Waals surface area contributed by atoms with Crippen LogP contribution in [0.1, 0.15) is 64.3 Å². The minimum absolute atomic E-state index is 0.121. The van der Waals surface area contributed by atoms with Crippen molar-refractivity contribution in [3.63, 3.8) is 0 Å². The lowest BCUT2D eigenvalue weighted by Crippen LogP contribution is -2.35. The summed E-state index contributed by atoms with van der Waals surface area (Å²) in [6.07, 6.45) is 6.18. The maximum Gasteiger partial charge on any atom is 0.225 e. The molecule has 0 aliphatic rings. The average Bonchev–Trinajstić information content (AvgIpc) is 3.12. The van der Waals surface area contributed by atoms with Crippen LogP contribution in [-0.2, 0) is 17.8 Å². The number of hydrogen-bond donors (Lipinski definition) is 1. The molecule has 5 nitrogen and oxygen atoms in total. The van der Waals surface area contributed by atoms with Crippen molar-refractivity contribution in [1.29, 1.82) is 0 Å². The number of aryl methyl sites for hydroxylation is 3. The largest absolute Gasteiger partial charge is 0.494 e. The number of carbonyl (C=O) groups is 1. The van der Waals surface area contributed by atoms with Crippen LogP contribution in [0.3, 0.4) is 0 Å². The Bertz CT molecular complexity index is 1030. The lowest BCUT2D eigenvalue weighted by Gasteiger charge is -2.17. The molecule has 0 radical (unpaired) electrons. The number of para-hydroxylation sites is 2. The highest BCUT2D eigenvalue weighted by molar-refractivity contribution is 5.81. The Kier molecular flexibility index (Phi) is 8.93. The highest BCUT2D eigenvalue weighted by Gasteiger charge is 2.20. The monoisotopic (exact) mass is 449 g/mol. The first-order valence-electron chi connectivity index (χ1n) is 12.3. The molecule has 1 N–H and O–H groups in total. The zero-order valence-electron chi connectivity index (χ0n) is 20.7. The Morgan fingerprint density at radius 2 is 1.82 bits per heavy atom. The van der Waals surface area contributed by atoms with Crippen molar-refractivity contribution >= 4 is 16.9 Å². The van der Waals surface area contributed by atoms with Gasteiger partial charge in [-0.15, -0.1) is 0 Å². The summed E-state index contributed by atoms with van der Waals surface area (Å²) in [6.45, 7) is 10.3. The number of unbranched alkanes of at least 4 members (excludes halogenated alkanes) is 3. The van der Waals surface area contributed by atoms with E-state index in [1.165, 1.54) is 11.1 Å². The molecule has 0 saturated carbocycles. The third kappa shape index (κ3) is 7.62. The summed E-state index contributed by atoms with van der Waals surface area (Å²) < 4.78 is 8.29. The van der Waals surface area contributed by atoms with E-state index in [-0.39, 0.29) is 11.3 Å². The number of benzene rings is 2. The number of imidazole rings is 1. The molecule has 5 heteroatoms. The van der Waals surface area contributed by atoms with E-state index in [0.29, 0.717) is 0 Å². The fraction of sp³-hybridized carbons (Fsp3) is 0.500. The molecule has 178 valence electrons. The predicted molar refractivity (Wildman–Crippen MR) is 136 cm³/mol. The van der Waals surface area contributed by atoms with Gasteiger partial charge in [-0.2, -0.15) is 0 Å². The van der Waals surface area contributed by atoms with Gasteiger partial charge in [-0.25, -0.2) is 4.98 Å². The van der Waals surface area contributed by atoms with Crippen LogP contribution in [0.2, 0.25) is 0 Å². The highest BCUT2D eigenvalue weighted by atomic mass is 16.5. The summed E-state index contributed by atoms with van der Waals surface area (Å²) in [4.78, 5) is 16.9. The number of rotatable bonds is 12. The van der Waals surface area contributed by atoms with Gasteiger partial charge in [0, 0.05) is 24.9 Å². The standard InChI is InChI=1S/C28H39N3O2/c1-22-13-12-14-23(21-22)33-20-11-10-19-31-25-16-8-7-15-24(25)30-26(31)17-6-5-9-18-29-27(32)28(2,3)4/h7-8,12-16,21H,5-6,9-11,17-20H2,1-4H3,(H,29,32). The smallest absolute Gasteiger partial charge is 0.225 e. The second-order valence-electron chi connectivity index (χ2n) is 9.86. The molecule has 0 atom stereocenters. The molecular weight excluding hydrogens is 410 g/mol. The topological polar surface area (TPSA) is 56.1 Å². The predicted octanol–water partition coefficient (Wildman–Crippen LogP) is 6.08. The number of fused-ring (bicyclic) bond motifs is 1. The molecule has 0 spiro atoms. The van der Waals surface area contributed by atoms with Crippen molar-refractivity contribution in [2.24, 2.45) is 5.41 Å². The quantitative estimate of drug-likeness (QED) is 0.341. The number of carbonyl (C=O) groups excluding carboxylic acids is 1. The number of ether oxygens (including phenoxy) is 1. The molecule has 1 heterocycles. The van der Waals surface area contributed by atoms with Gasteiger partial charge in [0.05, 0.1) is 17.6 Å². The SMILES string of the molecule is Cc1cccc(OCCCCn2c(CCCCCNC(=O)C(C)(C)C)nc3ccccc32)c1. The summed E-state index contributed by atoms with van der Waals surface area (Å²) in [7, 11) is 0. The van der Waals surface area contributed by atoms with E-state index in [1.54, 1.807) is 0 Å². The molecule has 0 unspecified atom stereocenters. The molecule has 1 amide bonds. The first-order valence-corrected chi connectivity index (χ1v) is 12.3. The van der Waals surface area contributed by atoms with E-state index in [4.69, 9.17) is 9.72 Å². The number of nitrogens with zero attached hydrogens (tertiary/aromatic N) is 2. The molecule has 3 rings (SSSR count). The minimum Gasteiger partial charge on any atom is -0.494 e. The number of hydrogen-bond acceptors (Lipinski definition) is 3. The van der Waals surface area contributed by atoms with E-state index < -0.39 is 0 Å². The normalized spacial score (nSPS) is 11.6. The molecule has 2 aromatic carbocycles. The first kappa shape index (κ1) is 24.8. The van der Waals surface area contributed by atoms with Gasteiger partial charge in [-0.05, 0) is 62.4 Å². The van der Waals surface area contributed by atoms with Gasteiger partial charge in [-0.1, -0.05) is 51.5 Å². The van der Waals surface area contributed by atoms with Gasteiger partial charge >= 0.3 is 0 Å². The highest BCUT2D eigenvalue weighted by Crippen LogP contribution is 2.19. The Balaban J connectivity index is 1.46. The fourth-order valence-corrected chi connectivity index (χ4v) is 3.88. The van der Waals surface area contributed by atoms with E-state index in [1.807, 2.05) is 32.9 Å². The summed E-state index contributed by atoms with van der Waals surface area (Å²) in [5, 5.41) is 3.04. The third-order valence-electron chi connectivity index (χ3n) is 5.81. The van der Waals surface area contributed by atoms with Gasteiger partial charge in [0.2, 0.25) is 5.91 Å². The van der Waals surface area contributed by atoms with E-state index in [9.17, 15) is 4.79 Å². The number of aromatic nitrogens is 2. The molecule has 0 saturated heterocycles. The Labute approximate surface area is 198 Å². The van der Waals surface area contributed by atoms with Gasteiger partial charge in [0.15, 0.2) is 0 Å². The summed E-state index contributed by atoms with van der Waals surface area (Å²) in [6, 6.07) is 16.6. The summed E-state index contributed by atoms with van der Waals surface area (Å²) in [5.74, 6) is 2.23. The molecule has 0 aliphatic heterocycles. The molecule has 0 fully saturated rings. The average molecular weight is 450 g/mol. The lowest BCUT2D eigenvalue weighted by molar-refractivity contribution is -0.128. The van der Waals surface area contributed by atoms with Crippen molar-refractivity contribution in [2.75, 3.05) is 13.2 Å². The molecular formula is C28H39N3O2. The Hall–Kier alpha value is -2.82. The summed E-state index contributed by atoms with van der Waals surface area (Å²) in [5.41, 5.74) is 3.18. The van der Waals surface area contributed by atoms with Crippen molar-refractivity contribution < 1.29 is 9.53 Å². The summed E-state index contributed by atoms with van der Waals surface area (Å²) >= 11 is 0. The van der Waals surface area contributed by atoms with Crippen LogP contribution in [0.5, 0.6) is 5.75 Å². The van der Waals surface area contributed by atoms with Crippen LogP contribution >= 0.6 is 0 Å². The fourth-order valence-electron chi connectivity index (χ4n) is 3.88. The second-order valence-corrected chi connectivity index (χ2v) is 9.86. The Morgan fingerprint density at radius 1 is 1.00 bits per heavy atom. The van der Waals surface area contributed by atoms with Crippen molar-refractivity contribution in [3.05, 3.63) is 59.9 Å². The second kappa shape index (κ2) is 11.9. The number of nitrogens with one attached hydrogen (secondary N) is 1. The first-order chi connectivity index (χ1) is 15.8. The molecule has 1 aromatic heterocycles. The van der Waals surface area contributed by atoms with Gasteiger partial charge in [-0.3, -0.25) is 4.79 Å².